The van der Waals surface area contributed by atoms with Gasteiger partial charge in [-0.2, -0.15) is 0 Å². The van der Waals surface area contributed by atoms with Gasteiger partial charge in [0.1, 0.15) is 0 Å². The van der Waals surface area contributed by atoms with Crippen LogP contribution < -0.4 is 0 Å². The van der Waals surface area contributed by atoms with Gasteiger partial charge in [-0.3, -0.25) is 0 Å². The Morgan fingerprint density at radius 1 is 0.821 bits per heavy atom. The zero-order chi connectivity index (χ0) is 18.0. The van der Waals surface area contributed by atoms with Crippen LogP contribution in [0.25, 0.3) is 33.2 Å². The molecule has 4 aromatic rings. The molecular weight excluding hydrogens is 519 g/mol. The van der Waals surface area contributed by atoms with Crippen molar-refractivity contribution in [1.29, 1.82) is 0 Å². The van der Waals surface area contributed by atoms with Gasteiger partial charge < -0.3 is 4.98 Å². The summed E-state index contributed by atoms with van der Waals surface area (Å²) in [5.41, 5.74) is 12.4. The Morgan fingerprint density at radius 2 is 1.61 bits per heavy atom. The van der Waals surface area contributed by atoms with Crippen molar-refractivity contribution >= 4 is 10.8 Å². The molecule has 0 fully saturated rings. The molecule has 0 N–H and O–H groups in total. The normalized spacial score (nSPS) is 13.8. The summed E-state index contributed by atoms with van der Waals surface area (Å²) in [7, 11) is 0. The maximum absolute atomic E-state index is 4.76. The van der Waals surface area contributed by atoms with Crippen LogP contribution in [0, 0.1) is 13.0 Å². The third-order valence-electron chi connectivity index (χ3n) is 6.20. The predicted molar refractivity (Wildman–Crippen MR) is 111 cm³/mol. The molecule has 1 radical (unpaired) electrons. The van der Waals surface area contributed by atoms with Gasteiger partial charge in [-0.15, -0.1) is 28.8 Å². The van der Waals surface area contributed by atoms with Crippen LogP contribution in [0.1, 0.15) is 27.8 Å². The number of rotatable bonds is 1. The second-order valence-corrected chi connectivity index (χ2v) is 7.90. The maximum Gasteiger partial charge on any atom is 0.0167 e. The van der Waals surface area contributed by atoms with E-state index in [1.54, 1.807) is 0 Å². The molecule has 0 amide bonds. The van der Waals surface area contributed by atoms with Crippen LogP contribution in [0.4, 0.5) is 0 Å². The molecule has 0 saturated carbocycles. The molecule has 0 spiro atoms. The minimum absolute atomic E-state index is 0. The fourth-order valence-electron chi connectivity index (χ4n) is 4.96. The van der Waals surface area contributed by atoms with Crippen LogP contribution in [0.2, 0.25) is 0 Å². The van der Waals surface area contributed by atoms with E-state index in [1.807, 2.05) is 6.20 Å². The van der Waals surface area contributed by atoms with Crippen LogP contribution in [-0.2, 0) is 45.8 Å². The van der Waals surface area contributed by atoms with Crippen LogP contribution in [0.5, 0.6) is 0 Å². The summed E-state index contributed by atoms with van der Waals surface area (Å²) in [5.74, 6) is 0. The van der Waals surface area contributed by atoms with E-state index in [4.69, 9.17) is 4.98 Å². The minimum Gasteiger partial charge on any atom is -0.304 e. The molecule has 0 atom stereocenters. The Kier molecular flexibility index (Phi) is 4.23. The number of hydrogen-bond acceptors (Lipinski definition) is 1. The molecule has 0 aliphatic heterocycles. The molecule has 0 saturated heterocycles. The Morgan fingerprint density at radius 3 is 2.46 bits per heavy atom. The maximum atomic E-state index is 4.76. The number of benzene rings is 3. The van der Waals surface area contributed by atoms with E-state index < -0.39 is 0 Å². The van der Waals surface area contributed by atoms with Gasteiger partial charge in [0.05, 0.1) is 0 Å². The Hall–Kier alpha value is -2.28. The van der Waals surface area contributed by atoms with Crippen molar-refractivity contribution in [3.63, 3.8) is 0 Å². The van der Waals surface area contributed by atoms with E-state index in [0.29, 0.717) is 0 Å². The zero-order valence-corrected chi connectivity index (χ0v) is 18.2. The number of aryl methyl sites for hydroxylation is 5. The number of nitrogens with zero attached hydrogens (tertiary/aromatic N) is 1. The molecule has 28 heavy (non-hydrogen) atoms. The van der Waals surface area contributed by atoms with Gasteiger partial charge in [-0.05, 0) is 66.3 Å². The average Bonchev–Trinajstić information content (AvgIpc) is 2.71. The fourth-order valence-corrected chi connectivity index (χ4v) is 4.96. The molecule has 6 rings (SSSR count). The number of fused-ring (bicyclic) bond motifs is 1. The van der Waals surface area contributed by atoms with E-state index in [-0.39, 0.29) is 20.1 Å². The van der Waals surface area contributed by atoms with Crippen molar-refractivity contribution in [2.24, 2.45) is 0 Å². The Labute approximate surface area is 179 Å². The molecule has 2 heteroatoms. The van der Waals surface area contributed by atoms with Gasteiger partial charge in [-0.25, -0.2) is 0 Å². The molecule has 1 aromatic heterocycles. The quantitative estimate of drug-likeness (QED) is 0.276. The number of hydrogen-bond donors (Lipinski definition) is 0. The van der Waals surface area contributed by atoms with Crippen LogP contribution in [-0.4, -0.2) is 4.98 Å². The third kappa shape index (κ3) is 2.59. The predicted octanol–water partition coefficient (Wildman–Crippen LogP) is 5.87. The second-order valence-electron chi connectivity index (χ2n) is 7.90. The van der Waals surface area contributed by atoms with E-state index in [0.717, 1.165) is 36.9 Å². The monoisotopic (exact) mass is 539 g/mol. The smallest absolute Gasteiger partial charge is 0.0167 e. The van der Waals surface area contributed by atoms with Crippen LogP contribution in [0.15, 0.2) is 54.7 Å². The van der Waals surface area contributed by atoms with Gasteiger partial charge in [-0.1, -0.05) is 53.1 Å². The molecule has 2 aliphatic carbocycles. The average molecular weight is 539 g/mol. The van der Waals surface area contributed by atoms with E-state index in [9.17, 15) is 0 Å². The van der Waals surface area contributed by atoms with E-state index in [2.05, 4.69) is 61.5 Å². The first-order valence-electron chi connectivity index (χ1n) is 9.83. The summed E-state index contributed by atoms with van der Waals surface area (Å²) in [4.78, 5) is 4.76. The molecule has 0 bridgehead atoms. The fraction of sp³-hybridized carbons (Fsp3) is 0.192. The summed E-state index contributed by atoms with van der Waals surface area (Å²) >= 11 is 0. The summed E-state index contributed by atoms with van der Waals surface area (Å²) in [5, 5.41) is 2.48. The van der Waals surface area contributed by atoms with E-state index in [1.165, 1.54) is 49.7 Å². The van der Waals surface area contributed by atoms with Gasteiger partial charge >= 0.3 is 0 Å². The molecule has 2 aliphatic rings. The number of pyridine rings is 1. The van der Waals surface area contributed by atoms with E-state index >= 15 is 0 Å². The van der Waals surface area contributed by atoms with Crippen molar-refractivity contribution in [3.8, 4) is 22.4 Å². The SMILES string of the molecule is Cc1ccc2c(-c3[c-]c4c5c(c3)CCc3cccc(c3-5)CC4)nccc2c1.[Ir]. The second kappa shape index (κ2) is 6.65. The zero-order valence-electron chi connectivity index (χ0n) is 15.8. The summed E-state index contributed by atoms with van der Waals surface area (Å²) in [6, 6.07) is 21.7. The molecule has 0 unspecified atom stereocenters. The van der Waals surface area contributed by atoms with Crippen molar-refractivity contribution in [2.45, 2.75) is 32.6 Å². The minimum atomic E-state index is 0. The van der Waals surface area contributed by atoms with Crippen molar-refractivity contribution in [1.82, 2.24) is 4.98 Å². The largest absolute Gasteiger partial charge is 0.304 e. The van der Waals surface area contributed by atoms with Gasteiger partial charge in [0.25, 0.3) is 0 Å². The topological polar surface area (TPSA) is 12.9 Å². The van der Waals surface area contributed by atoms with Gasteiger partial charge in [0, 0.05) is 26.3 Å². The van der Waals surface area contributed by atoms with Gasteiger partial charge in [0.15, 0.2) is 0 Å². The first kappa shape index (κ1) is 17.8. The third-order valence-corrected chi connectivity index (χ3v) is 6.20. The van der Waals surface area contributed by atoms with Gasteiger partial charge in [0.2, 0.25) is 0 Å². The first-order chi connectivity index (χ1) is 13.3. The Balaban J connectivity index is 0.00000171. The standard InChI is InChI=1S/C26H20N.Ir/c1-16-5-10-23-19(13-16)11-12-27-26(23)22-14-20-8-6-17-3-2-4-18-7-9-21(15-22)25(20)24(17)18;/h2-5,10-14H,6-9H2,1H3;/q-1;. The van der Waals surface area contributed by atoms with Crippen molar-refractivity contribution in [3.05, 3.63) is 88.6 Å². The molecule has 3 aromatic carbocycles. The summed E-state index contributed by atoms with van der Waals surface area (Å²) < 4.78 is 0. The first-order valence-corrected chi connectivity index (χ1v) is 9.83. The Bertz CT molecular complexity index is 1190. The summed E-state index contributed by atoms with van der Waals surface area (Å²) in [6.07, 6.45) is 6.39. The van der Waals surface area contributed by atoms with Crippen LogP contribution >= 0.6 is 0 Å². The summed E-state index contributed by atoms with van der Waals surface area (Å²) in [6.45, 7) is 2.14. The van der Waals surface area contributed by atoms with Crippen LogP contribution in [0.3, 0.4) is 0 Å². The molecule has 1 nitrogen and oxygen atoms in total. The number of aromatic nitrogens is 1. The van der Waals surface area contributed by atoms with Crippen molar-refractivity contribution < 1.29 is 20.1 Å². The molecule has 1 heterocycles. The molecular formula is C26H20IrN-. The van der Waals surface area contributed by atoms with Crippen molar-refractivity contribution in [2.75, 3.05) is 0 Å². The molecule has 139 valence electrons.